The number of ether oxygens (including phenoxy) is 1. The number of urea groups is 1. The molecule has 0 atom stereocenters. The molecular formula is C20H18FN7O5S. The number of nitrogen functional groups attached to an aromatic ring is 1. The normalized spacial score (nSPS) is 11.3. The zero-order valence-electron chi connectivity index (χ0n) is 17.4. The first-order valence-electron chi connectivity index (χ1n) is 9.76. The van der Waals surface area contributed by atoms with Crippen LogP contribution in [-0.4, -0.2) is 47.1 Å². The van der Waals surface area contributed by atoms with Gasteiger partial charge in [-0.2, -0.15) is 13.4 Å². The molecule has 14 heteroatoms. The molecule has 5 N–H and O–H groups in total. The summed E-state index contributed by atoms with van der Waals surface area (Å²) in [6, 6.07) is 11.0. The van der Waals surface area contributed by atoms with Gasteiger partial charge in [-0.25, -0.2) is 9.78 Å². The number of hydrogen-bond acceptors (Lipinski definition) is 8. The molecule has 176 valence electrons. The molecule has 2 aromatic carbocycles. The van der Waals surface area contributed by atoms with Crippen LogP contribution in [0.2, 0.25) is 0 Å². The smallest absolute Gasteiger partial charge is 0.332 e. The summed E-state index contributed by atoms with van der Waals surface area (Å²) in [6.07, 6.45) is 1.47. The van der Waals surface area contributed by atoms with Crippen molar-refractivity contribution in [3.8, 4) is 11.4 Å². The van der Waals surface area contributed by atoms with Crippen LogP contribution in [0, 0.1) is 0 Å². The number of carbonyl (C=O) groups is 1. The number of carbonyl (C=O) groups excluding carboxylic acids is 1. The van der Waals surface area contributed by atoms with Crippen LogP contribution in [0.15, 0.2) is 64.5 Å². The van der Waals surface area contributed by atoms with Crippen LogP contribution < -0.4 is 26.7 Å². The van der Waals surface area contributed by atoms with Crippen molar-refractivity contribution in [2.24, 2.45) is 0 Å². The van der Waals surface area contributed by atoms with E-state index in [1.165, 1.54) is 18.5 Å². The minimum Gasteiger partial charge on any atom is -0.492 e. The van der Waals surface area contributed by atoms with Gasteiger partial charge in [0.05, 0.1) is 11.4 Å². The Bertz CT molecular complexity index is 1500. The van der Waals surface area contributed by atoms with Gasteiger partial charge in [-0.05, 0) is 48.5 Å². The average Bonchev–Trinajstić information content (AvgIpc) is 3.21. The molecule has 0 bridgehead atoms. The third-order valence-corrected chi connectivity index (χ3v) is 5.43. The van der Waals surface area contributed by atoms with Crippen LogP contribution in [0.25, 0.3) is 16.9 Å². The molecule has 2 amide bonds. The van der Waals surface area contributed by atoms with Crippen molar-refractivity contribution in [3.05, 3.63) is 65.2 Å². The summed E-state index contributed by atoms with van der Waals surface area (Å²) >= 11 is 0. The molecule has 0 aliphatic heterocycles. The second-order valence-electron chi connectivity index (χ2n) is 6.92. The quantitative estimate of drug-likeness (QED) is 0.224. The van der Waals surface area contributed by atoms with Crippen molar-refractivity contribution < 1.29 is 21.8 Å². The van der Waals surface area contributed by atoms with Crippen molar-refractivity contribution in [2.75, 3.05) is 24.2 Å². The fourth-order valence-corrected chi connectivity index (χ4v) is 3.49. The minimum atomic E-state index is -4.79. The maximum Gasteiger partial charge on any atom is 0.332 e. The summed E-state index contributed by atoms with van der Waals surface area (Å²) in [6.45, 7) is 0.357. The van der Waals surface area contributed by atoms with Crippen molar-refractivity contribution in [2.45, 2.75) is 4.90 Å². The van der Waals surface area contributed by atoms with E-state index < -0.39 is 26.7 Å². The van der Waals surface area contributed by atoms with Gasteiger partial charge in [0.1, 0.15) is 18.7 Å². The van der Waals surface area contributed by atoms with Gasteiger partial charge < -0.3 is 21.1 Å². The molecule has 0 spiro atoms. The molecule has 0 aliphatic rings. The largest absolute Gasteiger partial charge is 0.492 e. The number of nitrogens with zero attached hydrogens (tertiary/aromatic N) is 3. The van der Waals surface area contributed by atoms with E-state index in [4.69, 9.17) is 10.5 Å². The van der Waals surface area contributed by atoms with Crippen LogP contribution in [0.5, 0.6) is 5.75 Å². The maximum atomic E-state index is 12.9. The molecule has 2 heterocycles. The first-order chi connectivity index (χ1) is 16.2. The zero-order chi connectivity index (χ0) is 24.3. The summed E-state index contributed by atoms with van der Waals surface area (Å²) in [5.41, 5.74) is 6.67. The van der Waals surface area contributed by atoms with Gasteiger partial charge in [0, 0.05) is 11.4 Å². The Hall–Kier alpha value is -4.46. The van der Waals surface area contributed by atoms with Crippen LogP contribution in [-0.2, 0) is 10.2 Å². The number of benzene rings is 2. The predicted octanol–water partition coefficient (Wildman–Crippen LogP) is 1.55. The average molecular weight is 487 g/mol. The number of halogens is 1. The number of imidazole rings is 1. The first-order valence-corrected chi connectivity index (χ1v) is 11.1. The Morgan fingerprint density at radius 1 is 1.15 bits per heavy atom. The number of hydrogen-bond donors (Lipinski definition) is 4. The van der Waals surface area contributed by atoms with Crippen LogP contribution in [0.4, 0.5) is 20.3 Å². The van der Waals surface area contributed by atoms with Gasteiger partial charge in [-0.15, -0.1) is 3.89 Å². The molecule has 4 rings (SSSR count). The standard InChI is InChI=1S/C20H18FN7O5S/c21-34(31,32)15-7-1-12(2-8-15)25-20(30)23-9-10-33-14-5-3-13(4-6-14)28-11-24-16-17(28)26-19(22)27-18(16)29/h1-8,11H,9-10H2,(H2,23,25,30)(H3,22,26,27,29). The Kier molecular flexibility index (Phi) is 6.14. The molecule has 34 heavy (non-hydrogen) atoms. The Labute approximate surface area is 191 Å². The highest BCUT2D eigenvalue weighted by Gasteiger charge is 2.12. The van der Waals surface area contributed by atoms with Crippen LogP contribution in [0.1, 0.15) is 0 Å². The number of aromatic amines is 1. The lowest BCUT2D eigenvalue weighted by molar-refractivity contribution is 0.247. The fourth-order valence-electron chi connectivity index (χ4n) is 3.03. The predicted molar refractivity (Wildman–Crippen MR) is 121 cm³/mol. The van der Waals surface area contributed by atoms with E-state index >= 15 is 0 Å². The van der Waals surface area contributed by atoms with E-state index in [0.717, 1.165) is 12.1 Å². The monoisotopic (exact) mass is 487 g/mol. The third-order valence-electron chi connectivity index (χ3n) is 4.59. The highest BCUT2D eigenvalue weighted by Crippen LogP contribution is 2.19. The molecule has 12 nitrogen and oxygen atoms in total. The highest BCUT2D eigenvalue weighted by molar-refractivity contribution is 7.86. The lowest BCUT2D eigenvalue weighted by Crippen LogP contribution is -2.32. The van der Waals surface area contributed by atoms with Crippen molar-refractivity contribution >= 4 is 39.1 Å². The molecule has 0 saturated carbocycles. The molecule has 0 radical (unpaired) electrons. The number of aromatic nitrogens is 4. The van der Waals surface area contributed by atoms with Crippen LogP contribution in [0.3, 0.4) is 0 Å². The third kappa shape index (κ3) is 5.12. The summed E-state index contributed by atoms with van der Waals surface area (Å²) in [4.78, 5) is 33.9. The molecule has 0 fully saturated rings. The van der Waals surface area contributed by atoms with E-state index in [-0.39, 0.29) is 24.6 Å². The number of H-pyrrole nitrogens is 1. The Morgan fingerprint density at radius 3 is 2.53 bits per heavy atom. The summed E-state index contributed by atoms with van der Waals surface area (Å²) in [7, 11) is -4.79. The highest BCUT2D eigenvalue weighted by atomic mass is 32.3. The van der Waals surface area contributed by atoms with E-state index in [2.05, 4.69) is 25.6 Å². The number of anilines is 2. The van der Waals surface area contributed by atoms with Gasteiger partial charge in [-0.3, -0.25) is 14.3 Å². The van der Waals surface area contributed by atoms with E-state index in [9.17, 15) is 21.9 Å². The molecule has 0 aliphatic carbocycles. The van der Waals surface area contributed by atoms with Gasteiger partial charge in [0.25, 0.3) is 5.56 Å². The number of fused-ring (bicyclic) bond motifs is 1. The number of rotatable bonds is 7. The molecular weight excluding hydrogens is 469 g/mol. The second kappa shape index (κ2) is 9.19. The molecule has 2 aromatic heterocycles. The van der Waals surface area contributed by atoms with Gasteiger partial charge in [0.15, 0.2) is 11.2 Å². The number of amides is 2. The van der Waals surface area contributed by atoms with Gasteiger partial charge in [0.2, 0.25) is 5.95 Å². The lowest BCUT2D eigenvalue weighted by atomic mass is 10.3. The number of nitrogens with one attached hydrogen (secondary N) is 3. The van der Waals surface area contributed by atoms with Gasteiger partial charge >= 0.3 is 16.3 Å². The number of nitrogens with two attached hydrogens (primary N) is 1. The van der Waals surface area contributed by atoms with Crippen molar-refractivity contribution in [1.29, 1.82) is 0 Å². The summed E-state index contributed by atoms with van der Waals surface area (Å²) in [5, 5.41) is 5.07. The molecule has 0 unspecified atom stereocenters. The molecule has 4 aromatic rings. The second-order valence-corrected chi connectivity index (χ2v) is 8.27. The molecule has 0 saturated heterocycles. The Morgan fingerprint density at radius 2 is 1.85 bits per heavy atom. The SMILES string of the molecule is Nc1nc2c(ncn2-c2ccc(OCCNC(=O)Nc3ccc(S(=O)(=O)F)cc3)cc2)c(=O)[nH]1. The zero-order valence-corrected chi connectivity index (χ0v) is 18.2. The Balaban J connectivity index is 1.28. The van der Waals surface area contributed by atoms with Crippen molar-refractivity contribution in [1.82, 2.24) is 24.8 Å². The van der Waals surface area contributed by atoms with E-state index in [1.54, 1.807) is 28.8 Å². The van der Waals surface area contributed by atoms with Crippen molar-refractivity contribution in [3.63, 3.8) is 0 Å². The summed E-state index contributed by atoms with van der Waals surface area (Å²) < 4.78 is 41.7. The lowest BCUT2D eigenvalue weighted by Gasteiger charge is -2.10. The first kappa shape index (κ1) is 22.7. The minimum absolute atomic E-state index is 0.0135. The maximum absolute atomic E-state index is 12.9. The topological polar surface area (TPSA) is 174 Å². The van der Waals surface area contributed by atoms with Crippen LogP contribution >= 0.6 is 0 Å². The summed E-state index contributed by atoms with van der Waals surface area (Å²) in [5.74, 6) is 0.532. The van der Waals surface area contributed by atoms with Gasteiger partial charge in [-0.1, -0.05) is 0 Å². The fraction of sp³-hybridized carbons (Fsp3) is 0.100. The van der Waals surface area contributed by atoms with E-state index in [1.807, 2.05) is 0 Å². The van der Waals surface area contributed by atoms with E-state index in [0.29, 0.717) is 22.8 Å².